The van der Waals surface area contributed by atoms with E-state index in [4.69, 9.17) is 4.74 Å². The number of hydrogen-bond acceptors (Lipinski definition) is 6. The zero-order chi connectivity index (χ0) is 16.9. The predicted octanol–water partition coefficient (Wildman–Crippen LogP) is 4.66. The fourth-order valence-corrected chi connectivity index (χ4v) is 5.98. The predicted molar refractivity (Wildman–Crippen MR) is 102 cm³/mol. The number of methoxy groups -OCH3 is 1. The van der Waals surface area contributed by atoms with Crippen LogP contribution < -0.4 is 5.32 Å². The van der Waals surface area contributed by atoms with Crippen molar-refractivity contribution in [2.45, 2.75) is 11.0 Å². The molecule has 1 aliphatic rings. The van der Waals surface area contributed by atoms with Gasteiger partial charge in [-0.25, -0.2) is 4.79 Å². The summed E-state index contributed by atoms with van der Waals surface area (Å²) >= 11 is 5.15. The van der Waals surface area contributed by atoms with Crippen molar-refractivity contribution in [1.82, 2.24) is 0 Å². The zero-order valence-electron chi connectivity index (χ0n) is 13.1. The van der Waals surface area contributed by atoms with Crippen molar-refractivity contribution in [3.05, 3.63) is 51.7 Å². The van der Waals surface area contributed by atoms with E-state index < -0.39 is 5.97 Å². The molecule has 0 unspecified atom stereocenters. The first-order chi connectivity index (χ1) is 11.7. The minimum absolute atomic E-state index is 0.228. The Morgan fingerprint density at radius 1 is 1.12 bits per heavy atom. The lowest BCUT2D eigenvalue weighted by Crippen LogP contribution is -2.14. The Balaban J connectivity index is 1.69. The first-order valence-electron chi connectivity index (χ1n) is 7.49. The van der Waals surface area contributed by atoms with Gasteiger partial charge in [0.05, 0.1) is 17.4 Å². The molecule has 1 N–H and O–H groups in total. The van der Waals surface area contributed by atoms with E-state index in [1.807, 2.05) is 47.8 Å². The Bertz CT molecular complexity index is 721. The lowest BCUT2D eigenvalue weighted by Gasteiger charge is -2.21. The van der Waals surface area contributed by atoms with Crippen LogP contribution in [0, 0.1) is 0 Å². The largest absolute Gasteiger partial charge is 0.465 e. The molecule has 3 rings (SSSR count). The van der Waals surface area contributed by atoms with E-state index in [9.17, 15) is 9.59 Å². The highest BCUT2D eigenvalue weighted by molar-refractivity contribution is 8.16. The maximum Gasteiger partial charge on any atom is 0.350 e. The third-order valence-corrected chi connectivity index (χ3v) is 7.47. The number of thiophene rings is 1. The normalized spacial score (nSPS) is 15.0. The molecule has 24 heavy (non-hydrogen) atoms. The molecule has 0 radical (unpaired) electrons. The second-order valence-corrected chi connectivity index (χ2v) is 8.80. The molecule has 0 spiro atoms. The number of thioether (sulfide) groups is 2. The molecule has 126 valence electrons. The molecule has 0 bridgehead atoms. The molecular weight excluding hydrogens is 362 g/mol. The molecule has 2 heterocycles. The van der Waals surface area contributed by atoms with Crippen LogP contribution in [-0.4, -0.2) is 30.5 Å². The molecular formula is C17H17NO3S3. The summed E-state index contributed by atoms with van der Waals surface area (Å²) in [7, 11) is 1.33. The van der Waals surface area contributed by atoms with Crippen LogP contribution in [0.15, 0.2) is 35.7 Å². The number of hydrogen-bond donors (Lipinski definition) is 1. The van der Waals surface area contributed by atoms with E-state index in [1.165, 1.54) is 41.9 Å². The van der Waals surface area contributed by atoms with Crippen molar-refractivity contribution in [1.29, 1.82) is 0 Å². The SMILES string of the molecule is COC(=O)c1sccc1NC(=O)c1ccc(C2SCCCS2)cc1. The summed E-state index contributed by atoms with van der Waals surface area (Å²) in [5.41, 5.74) is 2.30. The lowest BCUT2D eigenvalue weighted by atomic mass is 10.1. The standard InChI is InChI=1S/C17H17NO3S3/c1-21-16(20)14-13(7-10-22-14)18-15(19)11-3-5-12(6-4-11)17-23-8-2-9-24-17/h3-7,10,17H,2,8-9H2,1H3,(H,18,19). The van der Waals surface area contributed by atoms with Crippen molar-refractivity contribution in [2.75, 3.05) is 23.9 Å². The minimum Gasteiger partial charge on any atom is -0.465 e. The van der Waals surface area contributed by atoms with Gasteiger partial charge in [-0.3, -0.25) is 4.79 Å². The number of anilines is 1. The van der Waals surface area contributed by atoms with Crippen molar-refractivity contribution in [3.8, 4) is 0 Å². The van der Waals surface area contributed by atoms with Gasteiger partial charge in [-0.2, -0.15) is 0 Å². The van der Waals surface area contributed by atoms with Crippen molar-refractivity contribution in [2.24, 2.45) is 0 Å². The average Bonchev–Trinajstić information content (AvgIpc) is 3.10. The van der Waals surface area contributed by atoms with E-state index in [2.05, 4.69) is 5.32 Å². The highest BCUT2D eigenvalue weighted by atomic mass is 32.2. The molecule has 2 aromatic rings. The topological polar surface area (TPSA) is 55.4 Å². The highest BCUT2D eigenvalue weighted by Crippen LogP contribution is 2.43. The number of rotatable bonds is 4. The van der Waals surface area contributed by atoms with Crippen LogP contribution in [0.4, 0.5) is 5.69 Å². The van der Waals surface area contributed by atoms with Crippen LogP contribution in [0.3, 0.4) is 0 Å². The van der Waals surface area contributed by atoms with Gasteiger partial charge in [0.15, 0.2) is 0 Å². The molecule has 1 saturated heterocycles. The Kier molecular flexibility index (Phi) is 5.86. The number of nitrogens with one attached hydrogen (secondary N) is 1. The number of ether oxygens (including phenoxy) is 1. The van der Waals surface area contributed by atoms with Crippen molar-refractivity contribution < 1.29 is 14.3 Å². The van der Waals surface area contributed by atoms with Gasteiger partial charge in [0.1, 0.15) is 4.88 Å². The number of carbonyl (C=O) groups excluding carboxylic acids is 2. The maximum absolute atomic E-state index is 12.4. The Morgan fingerprint density at radius 3 is 2.50 bits per heavy atom. The van der Waals surface area contributed by atoms with Gasteiger partial charge in [0, 0.05) is 5.56 Å². The van der Waals surface area contributed by atoms with E-state index in [0.717, 1.165) is 0 Å². The zero-order valence-corrected chi connectivity index (χ0v) is 15.6. The van der Waals surface area contributed by atoms with Crippen LogP contribution in [0.25, 0.3) is 0 Å². The summed E-state index contributed by atoms with van der Waals surface area (Å²) in [6, 6.07) is 9.41. The number of amides is 1. The third kappa shape index (κ3) is 3.96. The fourth-order valence-electron chi connectivity index (χ4n) is 2.32. The lowest BCUT2D eigenvalue weighted by molar-refractivity contribution is 0.0607. The summed E-state index contributed by atoms with van der Waals surface area (Å²) in [6.45, 7) is 0. The third-order valence-electron chi connectivity index (χ3n) is 3.56. The summed E-state index contributed by atoms with van der Waals surface area (Å²) in [4.78, 5) is 24.5. The van der Waals surface area contributed by atoms with Crippen LogP contribution >= 0.6 is 34.9 Å². The Hall–Kier alpha value is -1.44. The second-order valence-electron chi connectivity index (χ2n) is 5.16. The highest BCUT2D eigenvalue weighted by Gasteiger charge is 2.18. The maximum atomic E-state index is 12.4. The summed E-state index contributed by atoms with van der Waals surface area (Å²) < 4.78 is 5.18. The summed E-state index contributed by atoms with van der Waals surface area (Å²) in [6.07, 6.45) is 1.26. The van der Waals surface area contributed by atoms with Gasteiger partial charge in [0.25, 0.3) is 5.91 Å². The monoisotopic (exact) mass is 379 g/mol. The number of carbonyl (C=O) groups is 2. The molecule has 0 saturated carbocycles. The van der Waals surface area contributed by atoms with E-state index in [-0.39, 0.29) is 5.91 Å². The Morgan fingerprint density at radius 2 is 1.83 bits per heavy atom. The molecule has 4 nitrogen and oxygen atoms in total. The van der Waals surface area contributed by atoms with Crippen molar-refractivity contribution >= 4 is 52.4 Å². The average molecular weight is 380 g/mol. The number of esters is 1. The van der Waals surface area contributed by atoms with Crippen molar-refractivity contribution in [3.63, 3.8) is 0 Å². The van der Waals surface area contributed by atoms with Gasteiger partial charge >= 0.3 is 5.97 Å². The smallest absolute Gasteiger partial charge is 0.350 e. The van der Waals surface area contributed by atoms with Gasteiger partial charge < -0.3 is 10.1 Å². The van der Waals surface area contributed by atoms with Gasteiger partial charge in [0.2, 0.25) is 0 Å². The molecule has 1 aromatic carbocycles. The second kappa shape index (κ2) is 8.09. The van der Waals surface area contributed by atoms with Gasteiger partial charge in [-0.05, 0) is 47.1 Å². The molecule has 7 heteroatoms. The van der Waals surface area contributed by atoms with E-state index in [1.54, 1.807) is 11.4 Å². The van der Waals surface area contributed by atoms with Gasteiger partial charge in [-0.15, -0.1) is 34.9 Å². The van der Waals surface area contributed by atoms with Crippen LogP contribution in [0.1, 0.15) is 36.6 Å². The molecule has 1 aromatic heterocycles. The number of benzene rings is 1. The Labute approximate surface area is 153 Å². The van der Waals surface area contributed by atoms with Crippen LogP contribution in [0.2, 0.25) is 0 Å². The molecule has 0 atom stereocenters. The molecule has 1 fully saturated rings. The van der Waals surface area contributed by atoms with Crippen LogP contribution in [-0.2, 0) is 4.74 Å². The quantitative estimate of drug-likeness (QED) is 0.783. The van der Waals surface area contributed by atoms with Crippen LogP contribution in [0.5, 0.6) is 0 Å². The van der Waals surface area contributed by atoms with Gasteiger partial charge in [-0.1, -0.05) is 12.1 Å². The van der Waals surface area contributed by atoms with E-state index in [0.29, 0.717) is 20.7 Å². The van der Waals surface area contributed by atoms with E-state index >= 15 is 0 Å². The fraction of sp³-hybridized carbons (Fsp3) is 0.294. The first kappa shape index (κ1) is 17.4. The molecule has 1 amide bonds. The molecule has 1 aliphatic heterocycles. The minimum atomic E-state index is -0.443. The summed E-state index contributed by atoms with van der Waals surface area (Å²) in [5, 5.41) is 4.53. The first-order valence-corrected chi connectivity index (χ1v) is 10.5. The summed E-state index contributed by atoms with van der Waals surface area (Å²) in [5.74, 6) is 1.71. The molecule has 0 aliphatic carbocycles.